The van der Waals surface area contributed by atoms with E-state index in [1.165, 1.54) is 12.1 Å². The molecule has 0 saturated carbocycles. The highest BCUT2D eigenvalue weighted by atomic mass is 19.1. The second-order valence-electron chi connectivity index (χ2n) is 8.76. The van der Waals surface area contributed by atoms with Gasteiger partial charge in [-0.25, -0.2) is 9.18 Å². The SMILES string of the molecule is CC(C)COc1ccc(CNC(=O)N(Cc2ccc(F)cc2)C(C)C2CCNC2)cc1. The predicted molar refractivity (Wildman–Crippen MR) is 121 cm³/mol. The standard InChI is InChI=1S/C25H34FN3O2/c1-18(2)17-31-24-10-6-20(7-11-24)14-28-25(30)29(19(3)22-12-13-27-15-22)16-21-4-8-23(26)9-5-21/h4-11,18-19,22,27H,12-17H2,1-3H3,(H,28,30). The molecule has 0 bridgehead atoms. The van der Waals surface area contributed by atoms with Crippen molar-refractivity contribution in [3.05, 3.63) is 65.5 Å². The molecular weight excluding hydrogens is 393 g/mol. The minimum absolute atomic E-state index is 0.0758. The lowest BCUT2D eigenvalue weighted by atomic mass is 9.98. The highest BCUT2D eigenvalue weighted by molar-refractivity contribution is 5.74. The minimum Gasteiger partial charge on any atom is -0.493 e. The van der Waals surface area contributed by atoms with Crippen molar-refractivity contribution >= 4 is 6.03 Å². The molecule has 2 aromatic carbocycles. The smallest absolute Gasteiger partial charge is 0.318 e. The second-order valence-corrected chi connectivity index (χ2v) is 8.76. The predicted octanol–water partition coefficient (Wildman–Crippen LogP) is 4.57. The molecule has 2 N–H and O–H groups in total. The van der Waals surface area contributed by atoms with E-state index in [0.29, 0.717) is 31.5 Å². The summed E-state index contributed by atoms with van der Waals surface area (Å²) in [4.78, 5) is 15.0. The number of halogens is 1. The molecule has 6 heteroatoms. The van der Waals surface area contributed by atoms with Crippen molar-refractivity contribution in [1.29, 1.82) is 0 Å². The third-order valence-corrected chi connectivity index (χ3v) is 5.75. The third-order valence-electron chi connectivity index (χ3n) is 5.75. The molecule has 5 nitrogen and oxygen atoms in total. The van der Waals surface area contributed by atoms with E-state index in [9.17, 15) is 9.18 Å². The van der Waals surface area contributed by atoms with Gasteiger partial charge >= 0.3 is 6.03 Å². The summed E-state index contributed by atoms with van der Waals surface area (Å²) >= 11 is 0. The number of carbonyl (C=O) groups is 1. The summed E-state index contributed by atoms with van der Waals surface area (Å²) < 4.78 is 19.0. The van der Waals surface area contributed by atoms with Gasteiger partial charge < -0.3 is 20.3 Å². The number of carbonyl (C=O) groups excluding carboxylic acids is 1. The van der Waals surface area contributed by atoms with Crippen LogP contribution in [-0.2, 0) is 13.1 Å². The highest BCUT2D eigenvalue weighted by Gasteiger charge is 2.29. The molecule has 0 spiro atoms. The molecule has 2 amide bonds. The number of urea groups is 1. The normalized spacial score (nSPS) is 16.9. The first kappa shape index (κ1) is 23.1. The quantitative estimate of drug-likeness (QED) is 0.616. The van der Waals surface area contributed by atoms with Crippen LogP contribution in [0.2, 0.25) is 0 Å². The summed E-state index contributed by atoms with van der Waals surface area (Å²) in [5.74, 6) is 1.45. The summed E-state index contributed by atoms with van der Waals surface area (Å²) in [5, 5.41) is 6.44. The van der Waals surface area contributed by atoms with Crippen LogP contribution in [0.5, 0.6) is 5.75 Å². The zero-order valence-electron chi connectivity index (χ0n) is 18.7. The Morgan fingerprint density at radius 2 is 1.81 bits per heavy atom. The van der Waals surface area contributed by atoms with Crippen molar-refractivity contribution in [2.75, 3.05) is 19.7 Å². The molecule has 1 aliphatic rings. The van der Waals surface area contributed by atoms with E-state index in [1.807, 2.05) is 29.2 Å². The molecule has 31 heavy (non-hydrogen) atoms. The average molecular weight is 428 g/mol. The summed E-state index contributed by atoms with van der Waals surface area (Å²) in [6, 6.07) is 14.2. The Labute approximate surface area is 185 Å². The van der Waals surface area contributed by atoms with E-state index < -0.39 is 0 Å². The van der Waals surface area contributed by atoms with Crippen molar-refractivity contribution in [2.45, 2.75) is 46.3 Å². The van der Waals surface area contributed by atoms with Crippen LogP contribution in [0.25, 0.3) is 0 Å². The summed E-state index contributed by atoms with van der Waals surface area (Å²) in [6.07, 6.45) is 1.05. The summed E-state index contributed by atoms with van der Waals surface area (Å²) in [6.45, 7) is 9.79. The fourth-order valence-corrected chi connectivity index (χ4v) is 3.78. The van der Waals surface area contributed by atoms with Gasteiger partial charge in [0.25, 0.3) is 0 Å². The van der Waals surface area contributed by atoms with Crippen molar-refractivity contribution in [3.8, 4) is 5.75 Å². The molecule has 2 atom stereocenters. The Kier molecular flexibility index (Phi) is 8.29. The van der Waals surface area contributed by atoms with Gasteiger partial charge in [0.2, 0.25) is 0 Å². The molecule has 1 fully saturated rings. The Morgan fingerprint density at radius 1 is 1.13 bits per heavy atom. The molecule has 3 rings (SSSR count). The second kappa shape index (κ2) is 11.1. The molecule has 1 heterocycles. The zero-order valence-corrected chi connectivity index (χ0v) is 18.7. The maximum atomic E-state index is 13.3. The van der Waals surface area contributed by atoms with Gasteiger partial charge in [-0.15, -0.1) is 0 Å². The van der Waals surface area contributed by atoms with Gasteiger partial charge in [0, 0.05) is 19.1 Å². The molecule has 0 aliphatic carbocycles. The third kappa shape index (κ3) is 6.96. The van der Waals surface area contributed by atoms with Crippen LogP contribution in [0.3, 0.4) is 0 Å². The average Bonchev–Trinajstić information content (AvgIpc) is 3.31. The molecule has 0 aromatic heterocycles. The van der Waals surface area contributed by atoms with E-state index in [-0.39, 0.29) is 17.9 Å². The molecule has 1 aliphatic heterocycles. The van der Waals surface area contributed by atoms with Gasteiger partial charge in [0.05, 0.1) is 6.61 Å². The van der Waals surface area contributed by atoms with Gasteiger partial charge in [-0.1, -0.05) is 38.1 Å². The van der Waals surface area contributed by atoms with Crippen molar-refractivity contribution in [1.82, 2.24) is 15.5 Å². The molecule has 168 valence electrons. The molecule has 0 radical (unpaired) electrons. The maximum Gasteiger partial charge on any atom is 0.318 e. The first-order valence-corrected chi connectivity index (χ1v) is 11.1. The monoisotopic (exact) mass is 427 g/mol. The van der Waals surface area contributed by atoms with E-state index in [0.717, 1.165) is 36.4 Å². The van der Waals surface area contributed by atoms with Crippen molar-refractivity contribution < 1.29 is 13.9 Å². The lowest BCUT2D eigenvalue weighted by molar-refractivity contribution is 0.153. The first-order chi connectivity index (χ1) is 14.9. The number of benzene rings is 2. The van der Waals surface area contributed by atoms with E-state index in [2.05, 4.69) is 31.4 Å². The molecule has 1 saturated heterocycles. The number of hydrogen-bond donors (Lipinski definition) is 2. The van der Waals surface area contributed by atoms with Gasteiger partial charge in [0.1, 0.15) is 11.6 Å². The molecular formula is C25H34FN3O2. The van der Waals surface area contributed by atoms with Crippen LogP contribution in [0.1, 0.15) is 38.3 Å². The lowest BCUT2D eigenvalue weighted by Crippen LogP contribution is -2.47. The highest BCUT2D eigenvalue weighted by Crippen LogP contribution is 2.21. The van der Waals surface area contributed by atoms with E-state index in [1.54, 1.807) is 12.1 Å². The fourth-order valence-electron chi connectivity index (χ4n) is 3.78. The zero-order chi connectivity index (χ0) is 22.2. The largest absolute Gasteiger partial charge is 0.493 e. The number of ether oxygens (including phenoxy) is 1. The van der Waals surface area contributed by atoms with Gasteiger partial charge in [-0.2, -0.15) is 0 Å². The van der Waals surface area contributed by atoms with Gasteiger partial charge in [-0.3, -0.25) is 0 Å². The van der Waals surface area contributed by atoms with Gasteiger partial charge in [0.15, 0.2) is 0 Å². The number of hydrogen-bond acceptors (Lipinski definition) is 3. The van der Waals surface area contributed by atoms with Crippen LogP contribution in [0.15, 0.2) is 48.5 Å². The van der Waals surface area contributed by atoms with Crippen LogP contribution in [0, 0.1) is 17.7 Å². The maximum absolute atomic E-state index is 13.3. The Bertz CT molecular complexity index is 818. The number of amides is 2. The van der Waals surface area contributed by atoms with Crippen LogP contribution in [0.4, 0.5) is 9.18 Å². The lowest BCUT2D eigenvalue weighted by Gasteiger charge is -2.33. The Balaban J connectivity index is 1.62. The number of nitrogens with zero attached hydrogens (tertiary/aromatic N) is 1. The Morgan fingerprint density at radius 3 is 2.42 bits per heavy atom. The fraction of sp³-hybridized carbons (Fsp3) is 0.480. The van der Waals surface area contributed by atoms with Crippen LogP contribution < -0.4 is 15.4 Å². The van der Waals surface area contributed by atoms with Gasteiger partial charge in [-0.05, 0) is 73.7 Å². The molecule has 2 aromatic rings. The Hall–Kier alpha value is -2.60. The van der Waals surface area contributed by atoms with Crippen LogP contribution >= 0.6 is 0 Å². The van der Waals surface area contributed by atoms with Crippen molar-refractivity contribution in [3.63, 3.8) is 0 Å². The topological polar surface area (TPSA) is 53.6 Å². The number of rotatable bonds is 9. The van der Waals surface area contributed by atoms with E-state index >= 15 is 0 Å². The number of nitrogens with one attached hydrogen (secondary N) is 2. The first-order valence-electron chi connectivity index (χ1n) is 11.1. The summed E-state index contributed by atoms with van der Waals surface area (Å²) in [7, 11) is 0. The molecule has 2 unspecified atom stereocenters. The van der Waals surface area contributed by atoms with Crippen molar-refractivity contribution in [2.24, 2.45) is 11.8 Å². The van der Waals surface area contributed by atoms with Crippen LogP contribution in [-0.4, -0.2) is 36.7 Å². The summed E-state index contributed by atoms with van der Waals surface area (Å²) in [5.41, 5.74) is 1.93. The van der Waals surface area contributed by atoms with E-state index in [4.69, 9.17) is 4.74 Å². The minimum atomic E-state index is -0.270.